The van der Waals surface area contributed by atoms with E-state index in [-0.39, 0.29) is 10.9 Å². The van der Waals surface area contributed by atoms with Gasteiger partial charge in [-0.25, -0.2) is 4.79 Å². The summed E-state index contributed by atoms with van der Waals surface area (Å²) in [5.41, 5.74) is -0.624. The summed E-state index contributed by atoms with van der Waals surface area (Å²) >= 11 is 0. The van der Waals surface area contributed by atoms with Gasteiger partial charge in [0.15, 0.2) is 0 Å². The molecule has 1 N–H and O–H groups in total. The fourth-order valence-corrected chi connectivity index (χ4v) is 1.59. The van der Waals surface area contributed by atoms with Crippen molar-refractivity contribution in [3.05, 3.63) is 50.3 Å². The minimum absolute atomic E-state index is 0.150. The van der Waals surface area contributed by atoms with Crippen molar-refractivity contribution in [2.45, 2.75) is 0 Å². The molecule has 18 heavy (non-hydrogen) atoms. The summed E-state index contributed by atoms with van der Waals surface area (Å²) in [7, 11) is 1.24. The van der Waals surface area contributed by atoms with Crippen LogP contribution in [0.25, 0.3) is 10.9 Å². The van der Waals surface area contributed by atoms with Crippen molar-refractivity contribution in [2.75, 3.05) is 7.11 Å². The van der Waals surface area contributed by atoms with Crippen LogP contribution in [0.5, 0.6) is 0 Å². The fourth-order valence-electron chi connectivity index (χ4n) is 1.59. The third-order valence-electron chi connectivity index (χ3n) is 2.48. The van der Waals surface area contributed by atoms with Crippen LogP contribution in [-0.2, 0) is 4.74 Å². The summed E-state index contributed by atoms with van der Waals surface area (Å²) < 4.78 is 4.54. The topological polar surface area (TPSA) is 102 Å². The maximum absolute atomic E-state index is 11.7. The zero-order valence-corrected chi connectivity index (χ0v) is 9.30. The number of benzene rings is 1. The van der Waals surface area contributed by atoms with Gasteiger partial charge in [0.1, 0.15) is 0 Å². The number of H-pyrrole nitrogens is 1. The molecule has 7 nitrogen and oxygen atoms in total. The van der Waals surface area contributed by atoms with E-state index in [9.17, 15) is 19.7 Å². The average molecular weight is 248 g/mol. The molecule has 2 aromatic rings. The Morgan fingerprint density at radius 2 is 2.17 bits per heavy atom. The smallest absolute Gasteiger partial charge is 0.337 e. The third kappa shape index (κ3) is 1.81. The second-order valence-corrected chi connectivity index (χ2v) is 3.51. The first-order valence-corrected chi connectivity index (χ1v) is 4.92. The van der Waals surface area contributed by atoms with Gasteiger partial charge < -0.3 is 9.72 Å². The molecule has 0 atom stereocenters. The molecule has 0 saturated carbocycles. The number of rotatable bonds is 2. The van der Waals surface area contributed by atoms with Gasteiger partial charge in [0, 0.05) is 0 Å². The molecule has 1 heterocycles. The van der Waals surface area contributed by atoms with E-state index in [0.717, 1.165) is 6.20 Å². The second-order valence-electron chi connectivity index (χ2n) is 3.51. The van der Waals surface area contributed by atoms with Crippen molar-refractivity contribution < 1.29 is 14.5 Å². The van der Waals surface area contributed by atoms with E-state index >= 15 is 0 Å². The van der Waals surface area contributed by atoms with Crippen LogP contribution in [0.2, 0.25) is 0 Å². The molecule has 7 heteroatoms. The van der Waals surface area contributed by atoms with Crippen molar-refractivity contribution in [1.82, 2.24) is 4.98 Å². The third-order valence-corrected chi connectivity index (χ3v) is 2.48. The number of aromatic amines is 1. The highest BCUT2D eigenvalue weighted by Crippen LogP contribution is 2.14. The maximum Gasteiger partial charge on any atom is 0.337 e. The number of pyridine rings is 1. The van der Waals surface area contributed by atoms with E-state index in [2.05, 4.69) is 9.72 Å². The molecule has 0 fully saturated rings. The Morgan fingerprint density at radius 1 is 1.44 bits per heavy atom. The largest absolute Gasteiger partial charge is 0.465 e. The number of esters is 1. The molecular formula is C11H8N2O5. The molecule has 0 radical (unpaired) electrons. The van der Waals surface area contributed by atoms with Gasteiger partial charge in [0.2, 0.25) is 0 Å². The van der Waals surface area contributed by atoms with Crippen molar-refractivity contribution in [3.8, 4) is 0 Å². The predicted molar refractivity (Wildman–Crippen MR) is 62.6 cm³/mol. The molecule has 0 aliphatic carbocycles. The standard InChI is InChI=1S/C11H8N2O5/c1-18-11(15)6-2-3-7-8(4-6)12-5-9(10(7)14)13(16)17/h2-5H,1H3,(H,12,14). The number of aromatic nitrogens is 1. The van der Waals surface area contributed by atoms with E-state index < -0.39 is 22.0 Å². The van der Waals surface area contributed by atoms with Crippen LogP contribution in [0.15, 0.2) is 29.2 Å². The number of hydrogen-bond acceptors (Lipinski definition) is 5. The van der Waals surface area contributed by atoms with E-state index in [0.29, 0.717) is 5.52 Å². The SMILES string of the molecule is COC(=O)c1ccc2c(=O)c([N+](=O)[O-])c[nH]c2c1. The molecule has 0 amide bonds. The van der Waals surface area contributed by atoms with Gasteiger partial charge in [-0.15, -0.1) is 0 Å². The summed E-state index contributed by atoms with van der Waals surface area (Å²) in [5, 5.41) is 10.7. The number of nitrogens with one attached hydrogen (secondary N) is 1. The molecule has 1 aromatic heterocycles. The number of nitro groups is 1. The Hall–Kier alpha value is -2.70. The minimum Gasteiger partial charge on any atom is -0.465 e. The van der Waals surface area contributed by atoms with Crippen LogP contribution >= 0.6 is 0 Å². The van der Waals surface area contributed by atoms with Crippen molar-refractivity contribution in [1.29, 1.82) is 0 Å². The van der Waals surface area contributed by atoms with Gasteiger partial charge in [-0.1, -0.05) is 0 Å². The van der Waals surface area contributed by atoms with Gasteiger partial charge in [-0.3, -0.25) is 14.9 Å². The lowest BCUT2D eigenvalue weighted by Gasteiger charge is -2.01. The van der Waals surface area contributed by atoms with Gasteiger partial charge in [-0.05, 0) is 18.2 Å². The fraction of sp³-hybridized carbons (Fsp3) is 0.0909. The number of carbonyl (C=O) groups is 1. The van der Waals surface area contributed by atoms with Gasteiger partial charge in [0.05, 0.1) is 34.7 Å². The Kier molecular flexibility index (Phi) is 2.80. The molecule has 0 saturated heterocycles. The van der Waals surface area contributed by atoms with Gasteiger partial charge in [0.25, 0.3) is 5.43 Å². The Balaban J connectivity index is 2.69. The average Bonchev–Trinajstić information content (AvgIpc) is 2.37. The highest BCUT2D eigenvalue weighted by Gasteiger charge is 2.15. The molecule has 1 aromatic carbocycles. The lowest BCUT2D eigenvalue weighted by atomic mass is 10.1. The van der Waals surface area contributed by atoms with Crippen molar-refractivity contribution in [2.24, 2.45) is 0 Å². The van der Waals surface area contributed by atoms with E-state index in [1.54, 1.807) is 0 Å². The summed E-state index contributed by atoms with van der Waals surface area (Å²) in [5.74, 6) is -0.545. The number of methoxy groups -OCH3 is 1. The van der Waals surface area contributed by atoms with Gasteiger partial charge >= 0.3 is 11.7 Å². The Bertz CT molecular complexity index is 704. The van der Waals surface area contributed by atoms with E-state index in [4.69, 9.17) is 0 Å². The van der Waals surface area contributed by atoms with Crippen LogP contribution in [0.1, 0.15) is 10.4 Å². The first-order chi connectivity index (χ1) is 8.54. The van der Waals surface area contributed by atoms with Crippen LogP contribution in [0.3, 0.4) is 0 Å². The van der Waals surface area contributed by atoms with Gasteiger partial charge in [-0.2, -0.15) is 0 Å². The number of hydrogen-bond donors (Lipinski definition) is 1. The molecule has 2 rings (SSSR count). The van der Waals surface area contributed by atoms with E-state index in [1.807, 2.05) is 0 Å². The highest BCUT2D eigenvalue weighted by molar-refractivity contribution is 5.94. The van der Waals surface area contributed by atoms with Crippen LogP contribution in [0, 0.1) is 10.1 Å². The lowest BCUT2D eigenvalue weighted by molar-refractivity contribution is -0.386. The van der Waals surface area contributed by atoms with E-state index in [1.165, 1.54) is 25.3 Å². The second kappa shape index (κ2) is 4.28. The summed E-state index contributed by atoms with van der Waals surface area (Å²) in [6.45, 7) is 0. The zero-order chi connectivity index (χ0) is 13.3. The van der Waals surface area contributed by atoms with Crippen molar-refractivity contribution >= 4 is 22.6 Å². The first-order valence-electron chi connectivity index (χ1n) is 4.92. The monoisotopic (exact) mass is 248 g/mol. The molecule has 0 aliphatic heterocycles. The highest BCUT2D eigenvalue weighted by atomic mass is 16.6. The molecule has 92 valence electrons. The number of ether oxygens (including phenoxy) is 1. The number of carbonyl (C=O) groups excluding carboxylic acids is 1. The molecular weight excluding hydrogens is 240 g/mol. The van der Waals surface area contributed by atoms with Crippen molar-refractivity contribution in [3.63, 3.8) is 0 Å². The molecule has 0 unspecified atom stereocenters. The molecule has 0 bridgehead atoms. The Morgan fingerprint density at radius 3 is 2.78 bits per heavy atom. The predicted octanol–water partition coefficient (Wildman–Crippen LogP) is 1.22. The van der Waals surface area contributed by atoms with Crippen LogP contribution in [0.4, 0.5) is 5.69 Å². The summed E-state index contributed by atoms with van der Waals surface area (Å²) in [6, 6.07) is 4.15. The molecule has 0 aliphatic rings. The Labute approximate surface area is 100 Å². The number of fused-ring (bicyclic) bond motifs is 1. The quantitative estimate of drug-likeness (QED) is 0.489. The van der Waals surface area contributed by atoms with Crippen LogP contribution in [-0.4, -0.2) is 23.0 Å². The zero-order valence-electron chi connectivity index (χ0n) is 9.30. The van der Waals surface area contributed by atoms with Crippen LogP contribution < -0.4 is 5.43 Å². The molecule has 0 spiro atoms. The summed E-state index contributed by atoms with van der Waals surface area (Å²) in [6.07, 6.45) is 1.01. The summed E-state index contributed by atoms with van der Waals surface area (Å²) in [4.78, 5) is 35.5. The number of nitrogens with zero attached hydrogens (tertiary/aromatic N) is 1. The first kappa shape index (κ1) is 11.8. The minimum atomic E-state index is -0.757. The lowest BCUT2D eigenvalue weighted by Crippen LogP contribution is -2.10. The normalized spacial score (nSPS) is 10.3. The maximum atomic E-state index is 11.7.